The summed E-state index contributed by atoms with van der Waals surface area (Å²) in [7, 11) is 2.03. The van der Waals surface area contributed by atoms with E-state index in [2.05, 4.69) is 10.2 Å². The van der Waals surface area contributed by atoms with Crippen molar-refractivity contribution in [1.82, 2.24) is 10.2 Å². The van der Waals surface area contributed by atoms with Gasteiger partial charge in [0.1, 0.15) is 11.5 Å². The monoisotopic (exact) mass is 553 g/mol. The number of non-ortho nitro benzene ring substituents is 1. The summed E-state index contributed by atoms with van der Waals surface area (Å²) in [6.07, 6.45) is 2.38. The fraction of sp³-hybridized carbons (Fsp3) is 0.379. The Labute approximate surface area is 232 Å². The largest absolute Gasteiger partial charge is 0.494 e. The summed E-state index contributed by atoms with van der Waals surface area (Å²) in [4.78, 5) is 37.5. The molecule has 0 saturated heterocycles. The zero-order chi connectivity index (χ0) is 29.2. The molecule has 2 aromatic carbocycles. The van der Waals surface area contributed by atoms with Crippen LogP contribution < -0.4 is 14.8 Å². The fourth-order valence-corrected chi connectivity index (χ4v) is 4.70. The molecule has 11 heteroatoms. The zero-order valence-electron chi connectivity index (χ0n) is 22.9. The van der Waals surface area contributed by atoms with Crippen molar-refractivity contribution in [2.75, 3.05) is 33.4 Å². The second-order valence-corrected chi connectivity index (χ2v) is 9.60. The van der Waals surface area contributed by atoms with Gasteiger partial charge in [0.2, 0.25) is 0 Å². The van der Waals surface area contributed by atoms with Gasteiger partial charge in [0, 0.05) is 35.6 Å². The van der Waals surface area contributed by atoms with Crippen LogP contribution >= 0.6 is 0 Å². The molecular formula is C29H35N3O8. The Hall–Kier alpha value is -4.38. The molecule has 0 atom stereocenters. The third-order valence-electron chi connectivity index (χ3n) is 6.62. The van der Waals surface area contributed by atoms with Crippen LogP contribution in [0.2, 0.25) is 0 Å². The predicted molar refractivity (Wildman–Crippen MR) is 148 cm³/mol. The van der Waals surface area contributed by atoms with E-state index in [1.807, 2.05) is 37.4 Å². The van der Waals surface area contributed by atoms with Crippen LogP contribution in [0.25, 0.3) is 0 Å². The van der Waals surface area contributed by atoms with Crippen molar-refractivity contribution in [2.45, 2.75) is 39.0 Å². The van der Waals surface area contributed by atoms with Gasteiger partial charge in [-0.3, -0.25) is 10.1 Å². The van der Waals surface area contributed by atoms with Gasteiger partial charge in [-0.1, -0.05) is 18.2 Å². The molecule has 1 heterocycles. The van der Waals surface area contributed by atoms with Crippen LogP contribution in [-0.2, 0) is 9.59 Å². The molecule has 2 aromatic rings. The number of carboxylic acid groups (broad SMARTS) is 2. The first kappa shape index (κ1) is 30.2. The summed E-state index contributed by atoms with van der Waals surface area (Å²) >= 11 is 0. The zero-order valence-corrected chi connectivity index (χ0v) is 22.9. The molecule has 214 valence electrons. The summed E-state index contributed by atoms with van der Waals surface area (Å²) in [5.41, 5.74) is -0.0509. The number of para-hydroxylation sites is 1. The summed E-state index contributed by atoms with van der Waals surface area (Å²) in [5, 5.41) is 34.2. The van der Waals surface area contributed by atoms with Gasteiger partial charge in [0.05, 0.1) is 35.2 Å². The first-order valence-electron chi connectivity index (χ1n) is 13.0. The Balaban J connectivity index is 1.64. The number of dihydropyridines is 1. The Morgan fingerprint density at radius 3 is 2.12 bits per heavy atom. The number of nitro benzene ring substituents is 1. The van der Waals surface area contributed by atoms with Crippen LogP contribution in [0.4, 0.5) is 5.69 Å². The highest BCUT2D eigenvalue weighted by Crippen LogP contribution is 2.43. The number of hydrogen-bond acceptors (Lipinski definition) is 8. The number of rotatable bonds is 15. The molecule has 40 heavy (non-hydrogen) atoms. The third-order valence-corrected chi connectivity index (χ3v) is 6.62. The quantitative estimate of drug-likeness (QED) is 0.163. The molecule has 1 aliphatic rings. The number of benzene rings is 2. The number of unbranched alkanes of at least 4 members (excludes halogenated alkanes) is 1. The van der Waals surface area contributed by atoms with Gasteiger partial charge in [-0.25, -0.2) is 9.59 Å². The van der Waals surface area contributed by atoms with Gasteiger partial charge in [0.15, 0.2) is 0 Å². The van der Waals surface area contributed by atoms with E-state index in [1.165, 1.54) is 32.0 Å². The number of nitrogens with zero attached hydrogens (tertiary/aromatic N) is 2. The maximum absolute atomic E-state index is 12.2. The van der Waals surface area contributed by atoms with Crippen molar-refractivity contribution in [3.8, 4) is 11.5 Å². The first-order chi connectivity index (χ1) is 19.1. The smallest absolute Gasteiger partial charge is 0.334 e. The van der Waals surface area contributed by atoms with E-state index in [9.17, 15) is 29.9 Å². The lowest BCUT2D eigenvalue weighted by molar-refractivity contribution is -0.384. The van der Waals surface area contributed by atoms with Crippen LogP contribution in [0.5, 0.6) is 11.5 Å². The van der Waals surface area contributed by atoms with Gasteiger partial charge >= 0.3 is 11.9 Å². The van der Waals surface area contributed by atoms with Crippen molar-refractivity contribution >= 4 is 17.6 Å². The minimum absolute atomic E-state index is 0.125. The van der Waals surface area contributed by atoms with E-state index in [0.717, 1.165) is 31.7 Å². The SMILES string of the molecule is CC1=C(C(=O)O)C(c2cc([N+](=O)[O-])ccc2OCCCCN(C)CCCOc2ccccc2)C(C(=O)O)=C(C)N1. The van der Waals surface area contributed by atoms with Gasteiger partial charge in [0.25, 0.3) is 5.69 Å². The normalized spacial score (nSPS) is 13.8. The van der Waals surface area contributed by atoms with Gasteiger partial charge in [-0.2, -0.15) is 0 Å². The van der Waals surface area contributed by atoms with E-state index >= 15 is 0 Å². The average Bonchev–Trinajstić information content (AvgIpc) is 2.90. The molecule has 0 radical (unpaired) electrons. The van der Waals surface area contributed by atoms with E-state index in [4.69, 9.17) is 9.47 Å². The molecule has 0 spiro atoms. The predicted octanol–water partition coefficient (Wildman–Crippen LogP) is 4.56. The van der Waals surface area contributed by atoms with Crippen molar-refractivity contribution in [3.63, 3.8) is 0 Å². The highest BCUT2D eigenvalue weighted by molar-refractivity contribution is 5.98. The van der Waals surface area contributed by atoms with Gasteiger partial charge in [-0.15, -0.1) is 0 Å². The summed E-state index contributed by atoms with van der Waals surface area (Å²) in [6, 6.07) is 13.5. The topological polar surface area (TPSA) is 151 Å². The Morgan fingerprint density at radius 1 is 0.925 bits per heavy atom. The number of allylic oxidation sites excluding steroid dienone is 2. The fourth-order valence-electron chi connectivity index (χ4n) is 4.70. The van der Waals surface area contributed by atoms with Crippen molar-refractivity contribution < 1.29 is 34.2 Å². The summed E-state index contributed by atoms with van der Waals surface area (Å²) in [6.45, 7) is 5.64. The Bertz CT molecular complexity index is 1250. The summed E-state index contributed by atoms with van der Waals surface area (Å²) in [5.74, 6) is -2.84. The molecule has 0 bridgehead atoms. The Morgan fingerprint density at radius 2 is 1.52 bits per heavy atom. The van der Waals surface area contributed by atoms with Gasteiger partial charge in [-0.05, 0) is 64.9 Å². The maximum Gasteiger partial charge on any atom is 0.334 e. The van der Waals surface area contributed by atoms with Crippen molar-refractivity contribution in [1.29, 1.82) is 0 Å². The number of carbonyl (C=O) groups is 2. The second-order valence-electron chi connectivity index (χ2n) is 9.60. The molecule has 0 saturated carbocycles. The van der Waals surface area contributed by atoms with E-state index in [1.54, 1.807) is 0 Å². The Kier molecular flexibility index (Phi) is 10.7. The highest BCUT2D eigenvalue weighted by atomic mass is 16.6. The molecule has 0 aromatic heterocycles. The number of hydrogen-bond donors (Lipinski definition) is 3. The van der Waals surface area contributed by atoms with Crippen LogP contribution in [-0.4, -0.2) is 65.3 Å². The summed E-state index contributed by atoms with van der Waals surface area (Å²) < 4.78 is 11.7. The molecule has 11 nitrogen and oxygen atoms in total. The van der Waals surface area contributed by atoms with Crippen LogP contribution in [0.15, 0.2) is 71.1 Å². The number of ether oxygens (including phenoxy) is 2. The van der Waals surface area contributed by atoms with E-state index in [-0.39, 0.29) is 46.1 Å². The molecule has 1 aliphatic heterocycles. The third kappa shape index (κ3) is 7.82. The van der Waals surface area contributed by atoms with Gasteiger partial charge < -0.3 is 29.9 Å². The molecule has 3 N–H and O–H groups in total. The molecule has 3 rings (SSSR count). The molecule has 0 amide bonds. The van der Waals surface area contributed by atoms with Crippen LogP contribution in [0.3, 0.4) is 0 Å². The van der Waals surface area contributed by atoms with Crippen molar-refractivity contribution in [3.05, 3.63) is 86.7 Å². The second kappa shape index (κ2) is 14.1. The number of aliphatic carboxylic acids is 2. The minimum atomic E-state index is -1.32. The van der Waals surface area contributed by atoms with Crippen LogP contribution in [0, 0.1) is 10.1 Å². The minimum Gasteiger partial charge on any atom is -0.494 e. The molecule has 0 unspecified atom stereocenters. The molecule has 0 fully saturated rings. The highest BCUT2D eigenvalue weighted by Gasteiger charge is 2.38. The molecular weight excluding hydrogens is 518 g/mol. The maximum atomic E-state index is 12.2. The average molecular weight is 554 g/mol. The van der Waals surface area contributed by atoms with Crippen molar-refractivity contribution in [2.24, 2.45) is 0 Å². The van der Waals surface area contributed by atoms with Crippen LogP contribution in [0.1, 0.15) is 44.6 Å². The lowest BCUT2D eigenvalue weighted by Crippen LogP contribution is -2.31. The van der Waals surface area contributed by atoms with E-state index < -0.39 is 22.8 Å². The molecule has 0 aliphatic carbocycles. The number of nitro groups is 1. The first-order valence-corrected chi connectivity index (χ1v) is 13.0. The number of carboxylic acids is 2. The van der Waals surface area contributed by atoms with E-state index in [0.29, 0.717) is 13.0 Å². The number of nitrogens with one attached hydrogen (secondary N) is 1. The standard InChI is InChI=1S/C29H35N3O8/c1-19-25(28(33)34)27(26(29(35)36)20(2)30-19)23-18-21(32(37)38)12-13-24(23)40-16-8-7-14-31(3)15-9-17-39-22-10-5-4-6-11-22/h4-6,10-13,18,27,30H,7-9,14-17H2,1-3H3,(H,33,34)(H,35,36). The lowest BCUT2D eigenvalue weighted by Gasteiger charge is -2.29. The lowest BCUT2D eigenvalue weighted by atomic mass is 9.80.